The van der Waals surface area contributed by atoms with E-state index >= 15 is 0 Å². The molecule has 0 saturated carbocycles. The summed E-state index contributed by atoms with van der Waals surface area (Å²) >= 11 is 0. The van der Waals surface area contributed by atoms with Crippen molar-refractivity contribution in [2.45, 2.75) is 52.4 Å². The summed E-state index contributed by atoms with van der Waals surface area (Å²) in [6.45, 7) is 12.9. The van der Waals surface area contributed by atoms with Gasteiger partial charge < -0.3 is 0 Å². The number of carbonyl (C=O) groups excluding carboxylic acids is 1. The molecule has 0 bridgehead atoms. The van der Waals surface area contributed by atoms with Crippen molar-refractivity contribution in [3.05, 3.63) is 76.4 Å². The van der Waals surface area contributed by atoms with Crippen LogP contribution in [-0.2, 0) is 10.8 Å². The summed E-state index contributed by atoms with van der Waals surface area (Å²) in [5.74, 6) is -2.34. The lowest BCUT2D eigenvalue weighted by atomic mass is 9.78. The average molecular weight is 356 g/mol. The highest BCUT2D eigenvalue weighted by Crippen LogP contribution is 2.32. The summed E-state index contributed by atoms with van der Waals surface area (Å²) in [4.78, 5) is 12.3. The molecular weight excluding hydrogens is 330 g/mol. The molecule has 0 unspecified atom stereocenters. The lowest BCUT2D eigenvalue weighted by Crippen LogP contribution is -2.17. The summed E-state index contributed by atoms with van der Waals surface area (Å²) in [5.41, 5.74) is 3.38. The van der Waals surface area contributed by atoms with E-state index < -0.39 is 11.6 Å². The molecule has 0 aliphatic heterocycles. The Kier molecular flexibility index (Phi) is 5.50. The molecule has 26 heavy (non-hydrogen) atoms. The first-order valence-corrected chi connectivity index (χ1v) is 8.72. The van der Waals surface area contributed by atoms with Crippen molar-refractivity contribution < 1.29 is 13.6 Å². The summed E-state index contributed by atoms with van der Waals surface area (Å²) in [6, 6.07) is 9.44. The van der Waals surface area contributed by atoms with E-state index in [0.29, 0.717) is 0 Å². The predicted molar refractivity (Wildman–Crippen MR) is 104 cm³/mol. The summed E-state index contributed by atoms with van der Waals surface area (Å²) < 4.78 is 26.4. The van der Waals surface area contributed by atoms with Gasteiger partial charge in [-0.2, -0.15) is 0 Å². The highest BCUT2D eigenvalue weighted by Gasteiger charge is 2.21. The molecule has 0 spiro atoms. The van der Waals surface area contributed by atoms with Crippen LogP contribution in [0.15, 0.2) is 42.5 Å². The zero-order valence-corrected chi connectivity index (χ0v) is 16.3. The maximum absolute atomic E-state index is 13.3. The molecule has 0 fully saturated rings. The summed E-state index contributed by atoms with van der Waals surface area (Å²) in [6.07, 6.45) is 3.16. The minimum atomic E-state index is -1.02. The fourth-order valence-electron chi connectivity index (χ4n) is 2.73. The van der Waals surface area contributed by atoms with Gasteiger partial charge >= 0.3 is 0 Å². The average Bonchev–Trinajstić information content (AvgIpc) is 2.53. The normalized spacial score (nSPS) is 12.6. The predicted octanol–water partition coefficient (Wildman–Crippen LogP) is 6.46. The first-order chi connectivity index (χ1) is 11.9. The Labute approximate surface area is 154 Å². The van der Waals surface area contributed by atoms with E-state index in [-0.39, 0.29) is 22.2 Å². The highest BCUT2D eigenvalue weighted by molar-refractivity contribution is 6.06. The van der Waals surface area contributed by atoms with Gasteiger partial charge in [0.15, 0.2) is 17.4 Å². The van der Waals surface area contributed by atoms with E-state index in [0.717, 1.165) is 23.3 Å². The molecule has 0 aromatic heterocycles. The lowest BCUT2D eigenvalue weighted by Gasteiger charge is -2.26. The van der Waals surface area contributed by atoms with Gasteiger partial charge in [0.25, 0.3) is 0 Å². The standard InChI is InChI=1S/C23H26F2O/c1-22(2,3)17-10-7-15(18(14-17)23(4,5)6)9-12-21(26)16-8-11-19(24)20(25)13-16/h7-14H,1-6H3. The second-order valence-corrected chi connectivity index (χ2v) is 8.63. The Morgan fingerprint density at radius 1 is 0.846 bits per heavy atom. The molecule has 2 aromatic carbocycles. The van der Waals surface area contributed by atoms with E-state index in [1.54, 1.807) is 6.08 Å². The minimum absolute atomic E-state index is 0.0315. The van der Waals surface area contributed by atoms with Crippen LogP contribution < -0.4 is 0 Å². The third-order valence-corrected chi connectivity index (χ3v) is 4.35. The van der Waals surface area contributed by atoms with Crippen LogP contribution in [0.4, 0.5) is 8.78 Å². The van der Waals surface area contributed by atoms with Gasteiger partial charge in [-0.05, 0) is 51.8 Å². The number of benzene rings is 2. The Bertz CT molecular complexity index is 849. The van der Waals surface area contributed by atoms with Gasteiger partial charge in [0, 0.05) is 5.56 Å². The van der Waals surface area contributed by atoms with Crippen LogP contribution in [0.5, 0.6) is 0 Å². The minimum Gasteiger partial charge on any atom is -0.289 e. The molecule has 0 aliphatic carbocycles. The maximum atomic E-state index is 13.3. The summed E-state index contributed by atoms with van der Waals surface area (Å²) in [5, 5.41) is 0. The number of carbonyl (C=O) groups is 1. The second-order valence-electron chi connectivity index (χ2n) is 8.63. The fourth-order valence-corrected chi connectivity index (χ4v) is 2.73. The Morgan fingerprint density at radius 2 is 1.50 bits per heavy atom. The molecule has 0 N–H and O–H groups in total. The third-order valence-electron chi connectivity index (χ3n) is 4.35. The number of ketones is 1. The van der Waals surface area contributed by atoms with Crippen LogP contribution in [0.1, 0.15) is 68.6 Å². The van der Waals surface area contributed by atoms with Crippen molar-refractivity contribution in [3.63, 3.8) is 0 Å². The SMILES string of the molecule is CC(C)(C)c1ccc(C=CC(=O)c2ccc(F)c(F)c2)c(C(C)(C)C)c1. The van der Waals surface area contributed by atoms with Gasteiger partial charge in [-0.3, -0.25) is 4.79 Å². The number of allylic oxidation sites excluding steroid dienone is 1. The Balaban J connectivity index is 2.40. The number of halogens is 2. The number of rotatable bonds is 3. The van der Waals surface area contributed by atoms with Crippen LogP contribution in [-0.4, -0.2) is 5.78 Å². The van der Waals surface area contributed by atoms with E-state index in [9.17, 15) is 13.6 Å². The largest absolute Gasteiger partial charge is 0.289 e. The molecule has 0 atom stereocenters. The molecule has 3 heteroatoms. The van der Waals surface area contributed by atoms with E-state index in [4.69, 9.17) is 0 Å². The summed E-state index contributed by atoms with van der Waals surface area (Å²) in [7, 11) is 0. The molecule has 0 aliphatic rings. The quantitative estimate of drug-likeness (QED) is 0.456. The van der Waals surface area contributed by atoms with Gasteiger partial charge in [-0.1, -0.05) is 65.8 Å². The van der Waals surface area contributed by atoms with Crippen molar-refractivity contribution in [2.75, 3.05) is 0 Å². The van der Waals surface area contributed by atoms with Crippen LogP contribution >= 0.6 is 0 Å². The number of hydrogen-bond donors (Lipinski definition) is 0. The molecule has 0 radical (unpaired) electrons. The van der Waals surface area contributed by atoms with Crippen LogP contribution in [0.3, 0.4) is 0 Å². The molecular formula is C23H26F2O. The van der Waals surface area contributed by atoms with Gasteiger partial charge in [-0.25, -0.2) is 8.78 Å². The second kappa shape index (κ2) is 7.14. The highest BCUT2D eigenvalue weighted by atomic mass is 19.2. The van der Waals surface area contributed by atoms with Gasteiger partial charge in [0.05, 0.1) is 0 Å². The number of hydrogen-bond acceptors (Lipinski definition) is 1. The first-order valence-electron chi connectivity index (χ1n) is 8.72. The van der Waals surface area contributed by atoms with Gasteiger partial charge in [0.2, 0.25) is 0 Å². The van der Waals surface area contributed by atoms with E-state index in [2.05, 4.69) is 53.7 Å². The Hall–Kier alpha value is -2.29. The maximum Gasteiger partial charge on any atom is 0.185 e. The van der Waals surface area contributed by atoms with Gasteiger partial charge in [0.1, 0.15) is 0 Å². The molecule has 0 amide bonds. The zero-order valence-electron chi connectivity index (χ0n) is 16.3. The fraction of sp³-hybridized carbons (Fsp3) is 0.348. The van der Waals surface area contributed by atoms with Crippen LogP contribution in [0, 0.1) is 11.6 Å². The molecule has 0 heterocycles. The lowest BCUT2D eigenvalue weighted by molar-refractivity contribution is 0.104. The zero-order chi connectivity index (χ0) is 19.7. The smallest absolute Gasteiger partial charge is 0.185 e. The molecule has 2 rings (SSSR count). The van der Waals surface area contributed by atoms with Gasteiger partial charge in [-0.15, -0.1) is 0 Å². The molecule has 138 valence electrons. The molecule has 1 nitrogen and oxygen atoms in total. The monoisotopic (exact) mass is 356 g/mol. The molecule has 2 aromatic rings. The van der Waals surface area contributed by atoms with Crippen molar-refractivity contribution in [2.24, 2.45) is 0 Å². The van der Waals surface area contributed by atoms with E-state index in [1.807, 2.05) is 6.07 Å². The molecule has 0 saturated heterocycles. The van der Waals surface area contributed by atoms with Crippen molar-refractivity contribution in [1.29, 1.82) is 0 Å². The van der Waals surface area contributed by atoms with Crippen LogP contribution in [0.25, 0.3) is 6.08 Å². The van der Waals surface area contributed by atoms with Crippen molar-refractivity contribution in [1.82, 2.24) is 0 Å². The van der Waals surface area contributed by atoms with Crippen molar-refractivity contribution >= 4 is 11.9 Å². The topological polar surface area (TPSA) is 17.1 Å². The Morgan fingerprint density at radius 3 is 2.04 bits per heavy atom. The van der Waals surface area contributed by atoms with Crippen molar-refractivity contribution in [3.8, 4) is 0 Å². The van der Waals surface area contributed by atoms with Crippen LogP contribution in [0.2, 0.25) is 0 Å². The van der Waals surface area contributed by atoms with E-state index in [1.165, 1.54) is 17.7 Å². The third kappa shape index (κ3) is 4.66. The first kappa shape index (κ1) is 20.0.